The molecule has 1 unspecified atom stereocenters. The molecule has 0 saturated carbocycles. The van der Waals surface area contributed by atoms with Crippen LogP contribution in [0.15, 0.2) is 33.3 Å². The first-order chi connectivity index (χ1) is 8.19. The zero-order valence-electron chi connectivity index (χ0n) is 9.56. The van der Waals surface area contributed by atoms with Crippen LogP contribution in [0.1, 0.15) is 19.2 Å². The van der Waals surface area contributed by atoms with Crippen LogP contribution in [-0.2, 0) is 6.42 Å². The summed E-state index contributed by atoms with van der Waals surface area (Å²) in [4.78, 5) is 4.33. The van der Waals surface area contributed by atoms with Crippen LogP contribution in [0.25, 0.3) is 11.4 Å². The third-order valence-corrected chi connectivity index (χ3v) is 3.06. The molecule has 0 aliphatic carbocycles. The van der Waals surface area contributed by atoms with Crippen molar-refractivity contribution >= 4 is 15.9 Å². The molecule has 2 rings (SSSR count). The molecule has 0 saturated heterocycles. The van der Waals surface area contributed by atoms with E-state index in [1.165, 1.54) is 0 Å². The van der Waals surface area contributed by atoms with Gasteiger partial charge in [0.15, 0.2) is 0 Å². The van der Waals surface area contributed by atoms with Gasteiger partial charge in [0.1, 0.15) is 0 Å². The molecule has 2 aromatic rings. The van der Waals surface area contributed by atoms with E-state index < -0.39 is 0 Å². The second-order valence-electron chi connectivity index (χ2n) is 3.89. The summed E-state index contributed by atoms with van der Waals surface area (Å²) in [5.74, 6) is 1.20. The highest BCUT2D eigenvalue weighted by molar-refractivity contribution is 9.10. The summed E-state index contributed by atoms with van der Waals surface area (Å²) in [7, 11) is 0. The molecule has 0 amide bonds. The fraction of sp³-hybridized carbons (Fsp3) is 0.333. The van der Waals surface area contributed by atoms with Gasteiger partial charge in [0.2, 0.25) is 11.7 Å². The molecule has 5 heteroatoms. The highest BCUT2D eigenvalue weighted by atomic mass is 79.9. The van der Waals surface area contributed by atoms with E-state index in [9.17, 15) is 0 Å². The van der Waals surface area contributed by atoms with E-state index in [0.29, 0.717) is 18.1 Å². The molecular formula is C12H14BrN3O. The Bertz CT molecular complexity index is 481. The largest absolute Gasteiger partial charge is 0.339 e. The van der Waals surface area contributed by atoms with Gasteiger partial charge in [0, 0.05) is 22.5 Å². The van der Waals surface area contributed by atoms with Crippen LogP contribution in [0, 0.1) is 0 Å². The Morgan fingerprint density at radius 3 is 2.71 bits per heavy atom. The number of benzene rings is 1. The fourth-order valence-electron chi connectivity index (χ4n) is 1.42. The number of aromatic nitrogens is 2. The van der Waals surface area contributed by atoms with E-state index in [0.717, 1.165) is 16.5 Å². The van der Waals surface area contributed by atoms with Crippen molar-refractivity contribution in [3.05, 3.63) is 34.6 Å². The van der Waals surface area contributed by atoms with Crippen molar-refractivity contribution in [1.82, 2.24) is 10.1 Å². The smallest absolute Gasteiger partial charge is 0.228 e. The van der Waals surface area contributed by atoms with Crippen LogP contribution < -0.4 is 5.73 Å². The van der Waals surface area contributed by atoms with Gasteiger partial charge in [-0.05, 0) is 30.7 Å². The average Bonchev–Trinajstić information content (AvgIpc) is 2.78. The monoisotopic (exact) mass is 295 g/mol. The third kappa shape index (κ3) is 3.14. The minimum Gasteiger partial charge on any atom is -0.339 e. The molecule has 0 aliphatic rings. The Kier molecular flexibility index (Phi) is 3.91. The van der Waals surface area contributed by atoms with Gasteiger partial charge in [0.05, 0.1) is 0 Å². The third-order valence-electron chi connectivity index (χ3n) is 2.53. The van der Waals surface area contributed by atoms with Crippen molar-refractivity contribution in [3.63, 3.8) is 0 Å². The Morgan fingerprint density at radius 1 is 1.35 bits per heavy atom. The predicted molar refractivity (Wildman–Crippen MR) is 69.4 cm³/mol. The Hall–Kier alpha value is -1.20. The fourth-order valence-corrected chi connectivity index (χ4v) is 1.69. The van der Waals surface area contributed by atoms with Gasteiger partial charge < -0.3 is 10.3 Å². The topological polar surface area (TPSA) is 64.9 Å². The molecule has 0 aliphatic heterocycles. The number of rotatable bonds is 4. The molecule has 1 heterocycles. The molecule has 4 nitrogen and oxygen atoms in total. The minimum atomic E-state index is 0.0771. The Labute approximate surface area is 108 Å². The van der Waals surface area contributed by atoms with Crippen molar-refractivity contribution in [3.8, 4) is 11.4 Å². The number of halogens is 1. The maximum atomic E-state index is 5.84. The van der Waals surface area contributed by atoms with Gasteiger partial charge in [-0.15, -0.1) is 0 Å². The lowest BCUT2D eigenvalue weighted by Gasteiger charge is -2.02. The molecule has 90 valence electrons. The molecule has 1 aromatic heterocycles. The Morgan fingerprint density at radius 2 is 2.06 bits per heavy atom. The molecule has 0 radical (unpaired) electrons. The van der Waals surface area contributed by atoms with Gasteiger partial charge in [-0.25, -0.2) is 0 Å². The second-order valence-corrected chi connectivity index (χ2v) is 4.81. The van der Waals surface area contributed by atoms with Crippen LogP contribution in [0.2, 0.25) is 0 Å². The summed E-state index contributed by atoms with van der Waals surface area (Å²) in [6.45, 7) is 2.04. The maximum Gasteiger partial charge on any atom is 0.228 e. The van der Waals surface area contributed by atoms with Crippen LogP contribution in [0.3, 0.4) is 0 Å². The zero-order chi connectivity index (χ0) is 12.3. The van der Waals surface area contributed by atoms with E-state index in [-0.39, 0.29) is 6.04 Å². The van der Waals surface area contributed by atoms with Crippen LogP contribution in [-0.4, -0.2) is 16.2 Å². The zero-order valence-corrected chi connectivity index (χ0v) is 11.1. The van der Waals surface area contributed by atoms with E-state index >= 15 is 0 Å². The first-order valence-electron chi connectivity index (χ1n) is 5.53. The number of nitrogens with two attached hydrogens (primary N) is 1. The molecular weight excluding hydrogens is 282 g/mol. The van der Waals surface area contributed by atoms with Crippen LogP contribution in [0.4, 0.5) is 0 Å². The standard InChI is InChI=1S/C12H14BrN3O/c1-2-10(14)7-11-15-12(16-17-11)8-3-5-9(13)6-4-8/h3-6,10H,2,7,14H2,1H3. The van der Waals surface area contributed by atoms with E-state index in [2.05, 4.69) is 26.1 Å². The molecule has 2 N–H and O–H groups in total. The summed E-state index contributed by atoms with van der Waals surface area (Å²) in [6.07, 6.45) is 1.52. The van der Waals surface area contributed by atoms with E-state index in [1.54, 1.807) is 0 Å². The van der Waals surface area contributed by atoms with Crippen LogP contribution in [0.5, 0.6) is 0 Å². The summed E-state index contributed by atoms with van der Waals surface area (Å²) >= 11 is 3.38. The molecule has 0 bridgehead atoms. The van der Waals surface area contributed by atoms with E-state index in [4.69, 9.17) is 10.3 Å². The molecule has 1 atom stereocenters. The van der Waals surface area contributed by atoms with Crippen molar-refractivity contribution in [1.29, 1.82) is 0 Å². The van der Waals surface area contributed by atoms with Gasteiger partial charge in [-0.2, -0.15) is 4.98 Å². The lowest BCUT2D eigenvalue weighted by Crippen LogP contribution is -2.21. The average molecular weight is 296 g/mol. The molecule has 17 heavy (non-hydrogen) atoms. The van der Waals surface area contributed by atoms with E-state index in [1.807, 2.05) is 31.2 Å². The predicted octanol–water partition coefficient (Wildman–Crippen LogP) is 2.78. The van der Waals surface area contributed by atoms with Crippen molar-refractivity contribution in [2.24, 2.45) is 5.73 Å². The minimum absolute atomic E-state index is 0.0771. The first kappa shape index (κ1) is 12.3. The molecule has 0 spiro atoms. The first-order valence-corrected chi connectivity index (χ1v) is 6.32. The Balaban J connectivity index is 2.15. The van der Waals surface area contributed by atoms with Gasteiger partial charge in [-0.3, -0.25) is 0 Å². The number of nitrogens with zero attached hydrogens (tertiary/aromatic N) is 2. The number of hydrogen-bond acceptors (Lipinski definition) is 4. The summed E-state index contributed by atoms with van der Waals surface area (Å²) in [6, 6.07) is 7.86. The highest BCUT2D eigenvalue weighted by Gasteiger charge is 2.11. The quantitative estimate of drug-likeness (QED) is 0.942. The van der Waals surface area contributed by atoms with Crippen LogP contribution >= 0.6 is 15.9 Å². The normalized spacial score (nSPS) is 12.6. The maximum absolute atomic E-state index is 5.84. The lowest BCUT2D eigenvalue weighted by molar-refractivity contribution is 0.368. The van der Waals surface area contributed by atoms with Crippen molar-refractivity contribution < 1.29 is 4.52 Å². The second kappa shape index (κ2) is 5.42. The number of hydrogen-bond donors (Lipinski definition) is 1. The lowest BCUT2D eigenvalue weighted by atomic mass is 10.2. The summed E-state index contributed by atoms with van der Waals surface area (Å²) in [5, 5.41) is 3.95. The van der Waals surface area contributed by atoms with Gasteiger partial charge in [0.25, 0.3) is 0 Å². The van der Waals surface area contributed by atoms with Gasteiger partial charge in [-0.1, -0.05) is 28.0 Å². The van der Waals surface area contributed by atoms with Crippen molar-refractivity contribution in [2.45, 2.75) is 25.8 Å². The summed E-state index contributed by atoms with van der Waals surface area (Å²) < 4.78 is 6.19. The highest BCUT2D eigenvalue weighted by Crippen LogP contribution is 2.19. The summed E-state index contributed by atoms with van der Waals surface area (Å²) in [5.41, 5.74) is 6.78. The SMILES string of the molecule is CCC(N)Cc1nc(-c2ccc(Br)cc2)no1. The van der Waals surface area contributed by atoms with Gasteiger partial charge >= 0.3 is 0 Å². The van der Waals surface area contributed by atoms with Crippen molar-refractivity contribution in [2.75, 3.05) is 0 Å². The molecule has 1 aromatic carbocycles. The molecule has 0 fully saturated rings.